The molecule has 1 atom stereocenters. The van der Waals surface area contributed by atoms with E-state index in [9.17, 15) is 14.7 Å². The quantitative estimate of drug-likeness (QED) is 0.426. The molecule has 0 heterocycles. The fraction of sp³-hybridized carbons (Fsp3) is 0.259. The molecule has 2 aliphatic rings. The number of halogens is 1. The Morgan fingerprint density at radius 3 is 2.18 bits per heavy atom. The predicted octanol–water partition coefficient (Wildman–Crippen LogP) is 6.30. The molecule has 0 aromatic heterocycles. The molecule has 1 fully saturated rings. The summed E-state index contributed by atoms with van der Waals surface area (Å²) >= 11 is 3.46. The summed E-state index contributed by atoms with van der Waals surface area (Å²) in [6.07, 6.45) is 0.986. The third kappa shape index (κ3) is 4.04. The first-order chi connectivity index (χ1) is 16.0. The van der Waals surface area contributed by atoms with Crippen molar-refractivity contribution in [3.05, 3.63) is 93.5 Å². The van der Waals surface area contributed by atoms with Gasteiger partial charge in [0.1, 0.15) is 6.61 Å². The lowest BCUT2D eigenvalue weighted by atomic mass is 9.98. The summed E-state index contributed by atoms with van der Waals surface area (Å²) in [6, 6.07) is 20.5. The predicted molar refractivity (Wildman–Crippen MR) is 129 cm³/mol. The summed E-state index contributed by atoms with van der Waals surface area (Å²) < 4.78 is 6.72. The molecule has 3 aromatic rings. The molecule has 0 saturated heterocycles. The molecule has 168 valence electrons. The second-order valence-corrected chi connectivity index (χ2v) is 9.55. The number of carboxylic acid groups (broad SMARTS) is 1. The van der Waals surface area contributed by atoms with Crippen LogP contribution in [-0.2, 0) is 9.53 Å². The fourth-order valence-electron chi connectivity index (χ4n) is 4.75. The van der Waals surface area contributed by atoms with E-state index in [1.54, 1.807) is 6.07 Å². The molecule has 3 aromatic carbocycles. The second kappa shape index (κ2) is 8.67. The number of benzene rings is 3. The molecule has 0 radical (unpaired) electrons. The topological polar surface area (TPSA) is 66.8 Å². The van der Waals surface area contributed by atoms with Crippen molar-refractivity contribution in [2.45, 2.75) is 37.8 Å². The molecule has 5 rings (SSSR count). The molecule has 1 N–H and O–H groups in total. The van der Waals surface area contributed by atoms with Gasteiger partial charge in [0.05, 0.1) is 0 Å². The summed E-state index contributed by atoms with van der Waals surface area (Å²) in [5.41, 5.74) is 6.06. The molecular weight excluding hydrogens is 482 g/mol. The molecule has 0 spiro atoms. The van der Waals surface area contributed by atoms with Gasteiger partial charge in [-0.15, -0.1) is 0 Å². The van der Waals surface area contributed by atoms with Gasteiger partial charge in [-0.25, -0.2) is 9.59 Å². The first kappa shape index (κ1) is 21.7. The van der Waals surface area contributed by atoms with E-state index in [0.29, 0.717) is 5.56 Å². The minimum atomic E-state index is -1.08. The van der Waals surface area contributed by atoms with Gasteiger partial charge in [-0.3, -0.25) is 4.90 Å². The van der Waals surface area contributed by atoms with E-state index < -0.39 is 18.1 Å². The second-order valence-electron chi connectivity index (χ2n) is 8.69. The van der Waals surface area contributed by atoms with Gasteiger partial charge in [-0.2, -0.15) is 0 Å². The Balaban J connectivity index is 1.41. The number of aliphatic carboxylic acids is 1. The first-order valence-electron chi connectivity index (χ1n) is 11.1. The normalized spacial score (nSPS) is 15.5. The maximum Gasteiger partial charge on any atom is 0.411 e. The van der Waals surface area contributed by atoms with Crippen molar-refractivity contribution in [2.75, 3.05) is 6.61 Å². The molecule has 0 bridgehead atoms. The number of rotatable bonds is 6. The van der Waals surface area contributed by atoms with Crippen LogP contribution in [0.2, 0.25) is 0 Å². The molecule has 1 amide bonds. The van der Waals surface area contributed by atoms with Gasteiger partial charge in [0.15, 0.2) is 6.04 Å². The van der Waals surface area contributed by atoms with Crippen LogP contribution >= 0.6 is 15.9 Å². The highest BCUT2D eigenvalue weighted by Crippen LogP contribution is 2.45. The van der Waals surface area contributed by atoms with E-state index in [2.05, 4.69) is 40.2 Å². The van der Waals surface area contributed by atoms with E-state index in [1.165, 1.54) is 4.90 Å². The minimum absolute atomic E-state index is 0.0689. The zero-order chi connectivity index (χ0) is 23.1. The summed E-state index contributed by atoms with van der Waals surface area (Å²) in [5.74, 6) is -1.13. The highest BCUT2D eigenvalue weighted by Gasteiger charge is 2.43. The SMILES string of the molecule is Cc1cc(C(C(=O)O)N(C(=O)OCC2c3ccccc3-c3ccccc32)C2CC2)ccc1Br. The van der Waals surface area contributed by atoms with Crippen molar-refractivity contribution in [1.29, 1.82) is 0 Å². The molecule has 1 saturated carbocycles. The van der Waals surface area contributed by atoms with Gasteiger partial charge in [0.25, 0.3) is 0 Å². The van der Waals surface area contributed by atoms with Crippen molar-refractivity contribution in [3.63, 3.8) is 0 Å². The van der Waals surface area contributed by atoms with Crippen molar-refractivity contribution in [2.24, 2.45) is 0 Å². The van der Waals surface area contributed by atoms with Crippen molar-refractivity contribution in [3.8, 4) is 11.1 Å². The third-order valence-corrected chi connectivity index (χ3v) is 7.39. The zero-order valence-corrected chi connectivity index (χ0v) is 19.8. The molecule has 2 aliphatic carbocycles. The molecule has 5 nitrogen and oxygen atoms in total. The van der Waals surface area contributed by atoms with E-state index in [0.717, 1.165) is 45.1 Å². The molecule has 6 heteroatoms. The van der Waals surface area contributed by atoms with Crippen molar-refractivity contribution >= 4 is 28.0 Å². The lowest BCUT2D eigenvalue weighted by molar-refractivity contribution is -0.143. The van der Waals surface area contributed by atoms with Crippen LogP contribution in [0.1, 0.15) is 47.1 Å². The zero-order valence-electron chi connectivity index (χ0n) is 18.2. The van der Waals surface area contributed by atoms with Gasteiger partial charge in [0, 0.05) is 16.4 Å². The highest BCUT2D eigenvalue weighted by molar-refractivity contribution is 9.10. The lowest BCUT2D eigenvalue weighted by Crippen LogP contribution is -2.41. The molecule has 0 aliphatic heterocycles. The number of nitrogens with zero attached hydrogens (tertiary/aromatic N) is 1. The summed E-state index contributed by atoms with van der Waals surface area (Å²) in [7, 11) is 0. The van der Waals surface area contributed by atoms with E-state index in [-0.39, 0.29) is 18.6 Å². The third-order valence-electron chi connectivity index (χ3n) is 6.50. The van der Waals surface area contributed by atoms with Crippen LogP contribution in [0.25, 0.3) is 11.1 Å². The van der Waals surface area contributed by atoms with Crippen LogP contribution in [0.3, 0.4) is 0 Å². The average molecular weight is 506 g/mol. The molecule has 1 unspecified atom stereocenters. The number of aryl methyl sites for hydroxylation is 1. The number of ether oxygens (including phenoxy) is 1. The summed E-state index contributed by atoms with van der Waals surface area (Å²) in [6.45, 7) is 2.07. The number of carbonyl (C=O) groups is 2. The van der Waals surface area contributed by atoms with E-state index in [1.807, 2.05) is 43.3 Å². The van der Waals surface area contributed by atoms with Crippen LogP contribution in [0.5, 0.6) is 0 Å². The number of carbonyl (C=O) groups excluding carboxylic acids is 1. The van der Waals surface area contributed by atoms with Crippen molar-refractivity contribution < 1.29 is 19.4 Å². The van der Waals surface area contributed by atoms with Crippen LogP contribution in [0.4, 0.5) is 4.79 Å². The Morgan fingerprint density at radius 2 is 1.64 bits per heavy atom. The van der Waals surface area contributed by atoms with Gasteiger partial charge in [-0.05, 0) is 59.2 Å². The summed E-state index contributed by atoms with van der Waals surface area (Å²) in [4.78, 5) is 27.0. The van der Waals surface area contributed by atoms with Crippen LogP contribution < -0.4 is 0 Å². The number of hydrogen-bond acceptors (Lipinski definition) is 3. The standard InChI is InChI=1S/C27H24BrNO4/c1-16-14-17(10-13-24(16)28)25(26(30)31)29(18-11-12-18)27(32)33-15-23-21-8-4-2-6-19(21)20-7-3-5-9-22(20)23/h2-10,13-14,18,23,25H,11-12,15H2,1H3,(H,30,31). The number of carboxylic acids is 1. The Labute approximate surface area is 201 Å². The Morgan fingerprint density at radius 1 is 1.03 bits per heavy atom. The fourth-order valence-corrected chi connectivity index (χ4v) is 4.99. The Kier molecular flexibility index (Phi) is 5.71. The van der Waals surface area contributed by atoms with Gasteiger partial charge >= 0.3 is 12.1 Å². The van der Waals surface area contributed by atoms with Crippen LogP contribution in [0.15, 0.2) is 71.2 Å². The molecule has 33 heavy (non-hydrogen) atoms. The van der Waals surface area contributed by atoms with Gasteiger partial charge < -0.3 is 9.84 Å². The highest BCUT2D eigenvalue weighted by atomic mass is 79.9. The maximum atomic E-state index is 13.3. The average Bonchev–Trinajstić information content (AvgIpc) is 3.60. The van der Waals surface area contributed by atoms with E-state index >= 15 is 0 Å². The Hall–Kier alpha value is -3.12. The largest absolute Gasteiger partial charge is 0.479 e. The number of fused-ring (bicyclic) bond motifs is 3. The van der Waals surface area contributed by atoms with Gasteiger partial charge in [0.2, 0.25) is 0 Å². The molecular formula is C27H24BrNO4. The van der Waals surface area contributed by atoms with Crippen LogP contribution in [0, 0.1) is 6.92 Å². The smallest absolute Gasteiger partial charge is 0.411 e. The lowest BCUT2D eigenvalue weighted by Gasteiger charge is -2.29. The van der Waals surface area contributed by atoms with Crippen molar-refractivity contribution in [1.82, 2.24) is 4.90 Å². The summed E-state index contributed by atoms with van der Waals surface area (Å²) in [5, 5.41) is 10.1. The van der Waals surface area contributed by atoms with E-state index in [4.69, 9.17) is 4.74 Å². The number of hydrogen-bond donors (Lipinski definition) is 1. The maximum absolute atomic E-state index is 13.3. The van der Waals surface area contributed by atoms with Crippen LogP contribution in [-0.4, -0.2) is 34.7 Å². The Bertz CT molecular complexity index is 1190. The number of amides is 1. The monoisotopic (exact) mass is 505 g/mol. The minimum Gasteiger partial charge on any atom is -0.479 e. The first-order valence-corrected chi connectivity index (χ1v) is 11.9. The van der Waals surface area contributed by atoms with Gasteiger partial charge in [-0.1, -0.05) is 76.6 Å².